The minimum atomic E-state index is -3.92. The van der Waals surface area contributed by atoms with Crippen LogP contribution in [0.4, 0.5) is 0 Å². The fraction of sp³-hybridized carbons (Fsp3) is 0.154. The molecule has 8 heteroatoms. The summed E-state index contributed by atoms with van der Waals surface area (Å²) in [7, 11) is -7.11. The lowest BCUT2D eigenvalue weighted by Gasteiger charge is -2.07. The van der Waals surface area contributed by atoms with Crippen molar-refractivity contribution in [1.29, 1.82) is 0 Å². The van der Waals surface area contributed by atoms with Crippen molar-refractivity contribution in [3.8, 4) is 5.75 Å². The lowest BCUT2D eigenvalue weighted by atomic mass is 10.4. The molecule has 0 saturated heterocycles. The smallest absolute Gasteiger partial charge is 0.339 e. The van der Waals surface area contributed by atoms with Crippen LogP contribution in [0.15, 0.2) is 53.6 Å². The lowest BCUT2D eigenvalue weighted by molar-refractivity contribution is 0.484. The molecule has 0 unspecified atom stereocenters. The number of benzene rings is 1. The lowest BCUT2D eigenvalue weighted by Crippen LogP contribution is -2.10. The molecule has 0 spiro atoms. The number of pyridine rings is 1. The van der Waals surface area contributed by atoms with Gasteiger partial charge in [-0.25, -0.2) is 8.42 Å². The van der Waals surface area contributed by atoms with Crippen molar-refractivity contribution >= 4 is 20.0 Å². The van der Waals surface area contributed by atoms with Crippen LogP contribution < -0.4 is 4.18 Å². The van der Waals surface area contributed by atoms with E-state index in [2.05, 4.69) is 4.98 Å². The van der Waals surface area contributed by atoms with Gasteiger partial charge in [0.15, 0.2) is 15.6 Å². The Morgan fingerprint density at radius 1 is 1.00 bits per heavy atom. The molecular formula is C13H13NO5S2. The van der Waals surface area contributed by atoms with Crippen molar-refractivity contribution in [2.75, 3.05) is 6.26 Å². The molecule has 21 heavy (non-hydrogen) atoms. The Kier molecular flexibility index (Phi) is 4.29. The van der Waals surface area contributed by atoms with Crippen LogP contribution in [-0.4, -0.2) is 28.1 Å². The van der Waals surface area contributed by atoms with Gasteiger partial charge in [0.2, 0.25) is 0 Å². The van der Waals surface area contributed by atoms with E-state index in [9.17, 15) is 16.8 Å². The van der Waals surface area contributed by atoms with E-state index in [0.717, 1.165) is 6.26 Å². The van der Waals surface area contributed by atoms with Crippen LogP contribution in [-0.2, 0) is 25.7 Å². The van der Waals surface area contributed by atoms with Crippen LogP contribution in [0.25, 0.3) is 0 Å². The highest BCUT2D eigenvalue weighted by molar-refractivity contribution is 7.89. The maximum absolute atomic E-state index is 12.0. The molecule has 0 aliphatic heterocycles. The molecule has 112 valence electrons. The predicted molar refractivity (Wildman–Crippen MR) is 77.0 cm³/mol. The van der Waals surface area contributed by atoms with Crippen LogP contribution in [0, 0.1) is 0 Å². The first-order valence-electron chi connectivity index (χ1n) is 5.88. The normalized spacial score (nSPS) is 12.0. The summed E-state index contributed by atoms with van der Waals surface area (Å²) in [6, 6.07) is 10.5. The Hall–Kier alpha value is -1.93. The fourth-order valence-corrected chi connectivity index (χ4v) is 3.22. The van der Waals surface area contributed by atoms with E-state index in [-0.39, 0.29) is 16.4 Å². The molecule has 2 aromatic rings. The topological polar surface area (TPSA) is 90.4 Å². The van der Waals surface area contributed by atoms with Crippen molar-refractivity contribution in [3.63, 3.8) is 0 Å². The van der Waals surface area contributed by atoms with E-state index in [1.54, 1.807) is 18.2 Å². The number of nitrogens with zero attached hydrogens (tertiary/aromatic N) is 1. The van der Waals surface area contributed by atoms with Gasteiger partial charge in [0.1, 0.15) is 4.90 Å². The summed E-state index contributed by atoms with van der Waals surface area (Å²) >= 11 is 0. The van der Waals surface area contributed by atoms with E-state index in [4.69, 9.17) is 4.18 Å². The van der Waals surface area contributed by atoms with Crippen LogP contribution >= 0.6 is 0 Å². The van der Waals surface area contributed by atoms with Crippen LogP contribution in [0.3, 0.4) is 0 Å². The van der Waals surface area contributed by atoms with Gasteiger partial charge in [-0.2, -0.15) is 8.42 Å². The van der Waals surface area contributed by atoms with Gasteiger partial charge < -0.3 is 4.18 Å². The first-order valence-corrected chi connectivity index (χ1v) is 9.35. The maximum atomic E-state index is 12.0. The minimum absolute atomic E-state index is 0.0242. The Morgan fingerprint density at radius 3 is 2.19 bits per heavy atom. The molecule has 0 N–H and O–H groups in total. The first kappa shape index (κ1) is 15.5. The van der Waals surface area contributed by atoms with Crippen molar-refractivity contribution in [2.24, 2.45) is 0 Å². The van der Waals surface area contributed by atoms with E-state index in [1.165, 1.54) is 30.5 Å². The van der Waals surface area contributed by atoms with Gasteiger partial charge in [-0.05, 0) is 24.3 Å². The summed E-state index contributed by atoms with van der Waals surface area (Å²) < 4.78 is 51.1. The molecule has 2 rings (SSSR count). The summed E-state index contributed by atoms with van der Waals surface area (Å²) in [6.07, 6.45) is 2.28. The third-order valence-corrected chi connectivity index (χ3v) is 4.53. The average Bonchev–Trinajstić information content (AvgIpc) is 2.40. The zero-order valence-electron chi connectivity index (χ0n) is 11.1. The largest absolute Gasteiger partial charge is 0.377 e. The van der Waals surface area contributed by atoms with E-state index in [1.807, 2.05) is 0 Å². The molecule has 0 aliphatic carbocycles. The number of sulfone groups is 1. The van der Waals surface area contributed by atoms with Gasteiger partial charge in [0, 0.05) is 6.26 Å². The highest BCUT2D eigenvalue weighted by Gasteiger charge is 2.16. The summed E-state index contributed by atoms with van der Waals surface area (Å²) in [5.74, 6) is -0.185. The number of aromatic nitrogens is 1. The second-order valence-corrected chi connectivity index (χ2v) is 8.09. The quantitative estimate of drug-likeness (QED) is 0.771. The second-order valence-electron chi connectivity index (χ2n) is 4.41. The minimum Gasteiger partial charge on any atom is -0.377 e. The number of hydrogen-bond donors (Lipinski definition) is 0. The van der Waals surface area contributed by atoms with Gasteiger partial charge in [0.05, 0.1) is 17.6 Å². The van der Waals surface area contributed by atoms with Crippen LogP contribution in [0.1, 0.15) is 5.69 Å². The van der Waals surface area contributed by atoms with Gasteiger partial charge in [-0.3, -0.25) is 4.98 Å². The Morgan fingerprint density at radius 2 is 1.67 bits per heavy atom. The molecule has 0 saturated carbocycles. The molecule has 0 aliphatic rings. The zero-order valence-corrected chi connectivity index (χ0v) is 12.8. The maximum Gasteiger partial charge on any atom is 0.339 e. The van der Waals surface area contributed by atoms with Gasteiger partial charge in [-0.15, -0.1) is 0 Å². The first-order chi connectivity index (χ1) is 9.76. The van der Waals surface area contributed by atoms with Crippen molar-refractivity contribution < 1.29 is 21.0 Å². The van der Waals surface area contributed by atoms with Gasteiger partial charge >= 0.3 is 10.1 Å². The van der Waals surface area contributed by atoms with Gasteiger partial charge in [-0.1, -0.05) is 18.2 Å². The fourth-order valence-electron chi connectivity index (χ4n) is 1.58. The van der Waals surface area contributed by atoms with E-state index >= 15 is 0 Å². The highest BCUT2D eigenvalue weighted by atomic mass is 32.2. The molecule has 0 atom stereocenters. The summed E-state index contributed by atoms with van der Waals surface area (Å²) in [5, 5.41) is 0. The second kappa shape index (κ2) is 5.82. The summed E-state index contributed by atoms with van der Waals surface area (Å²) in [6.45, 7) is 0. The zero-order chi connectivity index (χ0) is 15.5. The highest BCUT2D eigenvalue weighted by Crippen LogP contribution is 2.18. The molecular weight excluding hydrogens is 314 g/mol. The van der Waals surface area contributed by atoms with Crippen molar-refractivity contribution in [2.45, 2.75) is 10.6 Å². The number of rotatable bonds is 5. The molecule has 0 amide bonds. The summed E-state index contributed by atoms with van der Waals surface area (Å²) in [5.41, 5.74) is 0.321. The average molecular weight is 327 g/mol. The third-order valence-electron chi connectivity index (χ3n) is 2.45. The molecule has 0 radical (unpaired) electrons. The standard InChI is InChI=1S/C13H13NO5S2/c1-20(15,16)10-11-7-8-12(9-14-11)19-21(17,18)13-5-3-2-4-6-13/h2-9H,10H2,1H3. The summed E-state index contributed by atoms with van der Waals surface area (Å²) in [4.78, 5) is 3.91. The Bertz CT molecular complexity index is 813. The molecule has 6 nitrogen and oxygen atoms in total. The van der Waals surface area contributed by atoms with Crippen LogP contribution in [0.2, 0.25) is 0 Å². The Balaban J connectivity index is 2.17. The molecule has 1 aromatic heterocycles. The van der Waals surface area contributed by atoms with E-state index in [0.29, 0.717) is 5.69 Å². The van der Waals surface area contributed by atoms with Gasteiger partial charge in [0.25, 0.3) is 0 Å². The molecule has 0 bridgehead atoms. The molecule has 1 heterocycles. The number of hydrogen-bond acceptors (Lipinski definition) is 6. The SMILES string of the molecule is CS(=O)(=O)Cc1ccc(OS(=O)(=O)c2ccccc2)cn1. The molecule has 1 aromatic carbocycles. The van der Waals surface area contributed by atoms with Crippen molar-refractivity contribution in [1.82, 2.24) is 4.98 Å². The predicted octanol–water partition coefficient (Wildman–Crippen LogP) is 1.39. The molecule has 0 fully saturated rings. The monoisotopic (exact) mass is 327 g/mol. The van der Waals surface area contributed by atoms with Crippen LogP contribution in [0.5, 0.6) is 5.75 Å². The van der Waals surface area contributed by atoms with E-state index < -0.39 is 20.0 Å². The third kappa shape index (κ3) is 4.54. The van der Waals surface area contributed by atoms with Crippen molar-refractivity contribution in [3.05, 3.63) is 54.4 Å². The Labute approximate surface area is 123 Å².